The third kappa shape index (κ3) is 3.26. The zero-order valence-electron chi connectivity index (χ0n) is 17.8. The summed E-state index contributed by atoms with van der Waals surface area (Å²) in [7, 11) is 0. The summed E-state index contributed by atoms with van der Waals surface area (Å²) in [5, 5.41) is 14.9. The molecule has 4 aromatic rings. The normalized spacial score (nSPS) is 17.4. The van der Waals surface area contributed by atoms with Crippen LogP contribution < -0.4 is 15.8 Å². The molecule has 1 saturated heterocycles. The Balaban J connectivity index is 1.36. The van der Waals surface area contributed by atoms with Crippen LogP contribution in [0.25, 0.3) is 16.8 Å². The number of benzene rings is 1. The first-order chi connectivity index (χ1) is 15.8. The topological polar surface area (TPSA) is 106 Å². The maximum absolute atomic E-state index is 13.2. The zero-order chi connectivity index (χ0) is 21.5. The lowest BCUT2D eigenvalue weighted by molar-refractivity contribution is 0.515. The molecule has 2 aliphatic rings. The summed E-state index contributed by atoms with van der Waals surface area (Å²) in [6.45, 7) is 2.23. The predicted molar refractivity (Wildman–Crippen MR) is 121 cm³/mol. The lowest BCUT2D eigenvalue weighted by Gasteiger charge is -2.28. The predicted octanol–water partition coefficient (Wildman–Crippen LogP) is 3.08. The molecule has 0 amide bonds. The van der Waals surface area contributed by atoms with E-state index in [4.69, 9.17) is 4.98 Å². The summed E-state index contributed by atoms with van der Waals surface area (Å²) in [5.41, 5.74) is 3.34. The van der Waals surface area contributed by atoms with Gasteiger partial charge >= 0.3 is 0 Å². The number of hydrogen-bond donors (Lipinski definition) is 1. The minimum atomic E-state index is -0.204. The Morgan fingerprint density at radius 2 is 1.72 bits per heavy atom. The van der Waals surface area contributed by atoms with E-state index in [1.807, 2.05) is 12.1 Å². The van der Waals surface area contributed by atoms with Crippen molar-refractivity contribution >= 4 is 34.1 Å². The van der Waals surface area contributed by atoms with Crippen LogP contribution in [-0.2, 0) is 0 Å². The number of nitrogens with one attached hydrogen (secondary N) is 1. The van der Waals surface area contributed by atoms with Crippen molar-refractivity contribution in [3.05, 3.63) is 40.8 Å². The molecule has 0 radical (unpaired) electrons. The van der Waals surface area contributed by atoms with Crippen molar-refractivity contribution in [3.63, 3.8) is 0 Å². The smallest absolute Gasteiger partial charge is 0.299 e. The fourth-order valence-corrected chi connectivity index (χ4v) is 4.98. The lowest BCUT2D eigenvalue weighted by Crippen LogP contribution is -2.29. The summed E-state index contributed by atoms with van der Waals surface area (Å²) in [6, 6.07) is 8.47. The van der Waals surface area contributed by atoms with Gasteiger partial charge in [0.15, 0.2) is 5.65 Å². The molecule has 1 aromatic carbocycles. The molecule has 1 aliphatic heterocycles. The summed E-state index contributed by atoms with van der Waals surface area (Å²) in [5.74, 6) is 0.446. The number of piperidine rings is 1. The van der Waals surface area contributed by atoms with Gasteiger partial charge in [0.25, 0.3) is 5.56 Å². The molecule has 3 aromatic heterocycles. The van der Waals surface area contributed by atoms with E-state index < -0.39 is 0 Å². The molecule has 1 aliphatic carbocycles. The Hall–Kier alpha value is -3.56. The number of hydrogen-bond acceptors (Lipinski definition) is 8. The second-order valence-electron chi connectivity index (χ2n) is 8.65. The summed E-state index contributed by atoms with van der Waals surface area (Å²) in [4.78, 5) is 24.8. The van der Waals surface area contributed by atoms with Gasteiger partial charge in [0.1, 0.15) is 5.52 Å². The first-order valence-electron chi connectivity index (χ1n) is 11.4. The quantitative estimate of drug-likeness (QED) is 0.525. The zero-order valence-corrected chi connectivity index (χ0v) is 17.8. The van der Waals surface area contributed by atoms with E-state index in [0.717, 1.165) is 44.5 Å². The highest BCUT2D eigenvalue weighted by atomic mass is 16.1. The first kappa shape index (κ1) is 19.1. The highest BCUT2D eigenvalue weighted by molar-refractivity contribution is 5.74. The Morgan fingerprint density at radius 3 is 2.50 bits per heavy atom. The van der Waals surface area contributed by atoms with E-state index in [9.17, 15) is 4.79 Å². The van der Waals surface area contributed by atoms with Gasteiger partial charge in [0.2, 0.25) is 11.6 Å². The molecule has 10 heteroatoms. The van der Waals surface area contributed by atoms with Crippen LogP contribution in [0.4, 0.5) is 17.3 Å². The Kier molecular flexibility index (Phi) is 4.70. The van der Waals surface area contributed by atoms with Crippen molar-refractivity contribution in [2.75, 3.05) is 23.3 Å². The third-order valence-electron chi connectivity index (χ3n) is 6.62. The van der Waals surface area contributed by atoms with Gasteiger partial charge in [-0.15, -0.1) is 5.10 Å². The fraction of sp³-hybridized carbons (Fsp3) is 0.455. The molecular formula is C22H25N9O. The molecule has 32 heavy (non-hydrogen) atoms. The second kappa shape index (κ2) is 7.85. The van der Waals surface area contributed by atoms with Gasteiger partial charge in [0, 0.05) is 30.5 Å². The number of fused-ring (bicyclic) bond motifs is 3. The summed E-state index contributed by atoms with van der Waals surface area (Å²) in [6.07, 6.45) is 9.63. The van der Waals surface area contributed by atoms with Crippen molar-refractivity contribution in [2.45, 2.75) is 51.0 Å². The van der Waals surface area contributed by atoms with Crippen molar-refractivity contribution in [2.24, 2.45) is 0 Å². The SMILES string of the molecule is O=c1c2nnnn2c2cnc(Nc3ccc(N4CCCCC4)cc3)nc2n1C1CCCC1. The summed E-state index contributed by atoms with van der Waals surface area (Å²) < 4.78 is 3.20. The molecule has 164 valence electrons. The molecule has 1 N–H and O–H groups in total. The molecule has 4 heterocycles. The van der Waals surface area contributed by atoms with E-state index in [1.54, 1.807) is 10.8 Å². The van der Waals surface area contributed by atoms with Crippen LogP contribution in [0, 0.1) is 0 Å². The van der Waals surface area contributed by atoms with Crippen molar-refractivity contribution in [1.29, 1.82) is 0 Å². The van der Waals surface area contributed by atoms with Gasteiger partial charge in [-0.3, -0.25) is 9.36 Å². The lowest BCUT2D eigenvalue weighted by atomic mass is 10.1. The minimum absolute atomic E-state index is 0.110. The largest absolute Gasteiger partial charge is 0.372 e. The van der Waals surface area contributed by atoms with Crippen molar-refractivity contribution in [1.82, 2.24) is 34.6 Å². The summed E-state index contributed by atoms with van der Waals surface area (Å²) >= 11 is 0. The molecule has 6 rings (SSSR count). The maximum Gasteiger partial charge on any atom is 0.299 e. The molecular weight excluding hydrogens is 406 g/mol. The molecule has 0 bridgehead atoms. The van der Waals surface area contributed by atoms with E-state index in [2.05, 4.69) is 42.9 Å². The van der Waals surface area contributed by atoms with Gasteiger partial charge in [-0.25, -0.2) is 4.98 Å². The van der Waals surface area contributed by atoms with Crippen molar-refractivity contribution in [3.8, 4) is 0 Å². The van der Waals surface area contributed by atoms with Gasteiger partial charge in [-0.05, 0) is 66.8 Å². The maximum atomic E-state index is 13.2. The van der Waals surface area contributed by atoms with Crippen molar-refractivity contribution < 1.29 is 0 Å². The van der Waals surface area contributed by atoms with E-state index in [-0.39, 0.29) is 17.2 Å². The number of aromatic nitrogens is 7. The van der Waals surface area contributed by atoms with Gasteiger partial charge < -0.3 is 10.2 Å². The van der Waals surface area contributed by atoms with E-state index in [0.29, 0.717) is 17.1 Å². The monoisotopic (exact) mass is 431 g/mol. The van der Waals surface area contributed by atoms with Gasteiger partial charge in [-0.1, -0.05) is 12.8 Å². The fourth-order valence-electron chi connectivity index (χ4n) is 4.98. The van der Waals surface area contributed by atoms with Crippen LogP contribution >= 0.6 is 0 Å². The molecule has 2 fully saturated rings. The highest BCUT2D eigenvalue weighted by Gasteiger charge is 2.24. The van der Waals surface area contributed by atoms with Crippen LogP contribution in [0.3, 0.4) is 0 Å². The first-order valence-corrected chi connectivity index (χ1v) is 11.4. The average molecular weight is 432 g/mol. The van der Waals surface area contributed by atoms with Gasteiger partial charge in [-0.2, -0.15) is 9.50 Å². The Morgan fingerprint density at radius 1 is 0.938 bits per heavy atom. The Labute approximate surface area is 184 Å². The van der Waals surface area contributed by atoms with E-state index in [1.165, 1.54) is 29.5 Å². The van der Waals surface area contributed by atoms with Crippen LogP contribution in [0.5, 0.6) is 0 Å². The number of nitrogens with zero attached hydrogens (tertiary/aromatic N) is 8. The van der Waals surface area contributed by atoms with Crippen LogP contribution in [0.2, 0.25) is 0 Å². The molecule has 0 spiro atoms. The third-order valence-corrected chi connectivity index (χ3v) is 6.62. The minimum Gasteiger partial charge on any atom is -0.372 e. The van der Waals surface area contributed by atoms with Crippen LogP contribution in [0.1, 0.15) is 51.0 Å². The van der Waals surface area contributed by atoms with Gasteiger partial charge in [0.05, 0.1) is 6.20 Å². The second-order valence-corrected chi connectivity index (χ2v) is 8.65. The van der Waals surface area contributed by atoms with Crippen LogP contribution in [0.15, 0.2) is 35.3 Å². The number of tetrazole rings is 1. The molecule has 0 atom stereocenters. The molecule has 1 saturated carbocycles. The number of rotatable bonds is 4. The van der Waals surface area contributed by atoms with E-state index >= 15 is 0 Å². The molecule has 0 unspecified atom stereocenters. The Bertz CT molecular complexity index is 1320. The number of anilines is 3. The average Bonchev–Trinajstić information content (AvgIpc) is 3.53. The molecule has 10 nitrogen and oxygen atoms in total. The highest BCUT2D eigenvalue weighted by Crippen LogP contribution is 2.31. The standard InChI is InChI=1S/C22H25N9O/c32-21-20-26-27-28-31(20)18-14-23-22(25-19(18)30(21)17-6-2-3-7-17)24-15-8-10-16(11-9-15)29-12-4-1-5-13-29/h8-11,14,17H,1-7,12-13H2,(H,23,24,25). The van der Waals surface area contributed by atoms with Crippen LogP contribution in [-0.4, -0.2) is 47.7 Å².